The molecule has 7 nitrogen and oxygen atoms in total. The van der Waals surface area contributed by atoms with Gasteiger partial charge < -0.3 is 0 Å². The van der Waals surface area contributed by atoms with Gasteiger partial charge in [0.25, 0.3) is 0 Å². The fraction of sp³-hybridized carbons (Fsp3) is 0.250. The first-order valence-corrected chi connectivity index (χ1v) is 7.24. The van der Waals surface area contributed by atoms with Crippen molar-refractivity contribution in [3.63, 3.8) is 0 Å². The molecule has 0 aliphatic rings. The first-order chi connectivity index (χ1) is 9.43. The van der Waals surface area contributed by atoms with E-state index in [4.69, 9.17) is 0 Å². The molecular weight excluding hydrogens is 280 g/mol. The summed E-state index contributed by atoms with van der Waals surface area (Å²) in [5.74, 6) is 0. The normalized spacial score (nSPS) is 11.8. The van der Waals surface area contributed by atoms with Crippen molar-refractivity contribution < 1.29 is 13.2 Å². The first-order valence-electron chi connectivity index (χ1n) is 5.80. The number of sulfonamides is 1. The van der Waals surface area contributed by atoms with E-state index in [9.17, 15) is 13.2 Å². The van der Waals surface area contributed by atoms with Crippen molar-refractivity contribution in [2.24, 2.45) is 0 Å². The third-order valence-electron chi connectivity index (χ3n) is 2.70. The molecular formula is C12H14N4O3S. The Morgan fingerprint density at radius 2 is 2.10 bits per heavy atom. The van der Waals surface area contributed by atoms with E-state index in [0.717, 1.165) is 9.87 Å². The second-order valence-electron chi connectivity index (χ2n) is 4.39. The minimum Gasteiger partial charge on any atom is -0.296 e. The summed E-state index contributed by atoms with van der Waals surface area (Å²) in [6, 6.07) is 6.58. The van der Waals surface area contributed by atoms with E-state index in [1.54, 1.807) is 18.2 Å². The summed E-state index contributed by atoms with van der Waals surface area (Å²) in [5.41, 5.74) is 0.998. The van der Waals surface area contributed by atoms with E-state index in [-0.39, 0.29) is 10.6 Å². The highest BCUT2D eigenvalue weighted by atomic mass is 32.2. The predicted octanol–water partition coefficient (Wildman–Crippen LogP) is 0.389. The van der Waals surface area contributed by atoms with Gasteiger partial charge in [-0.05, 0) is 17.7 Å². The summed E-state index contributed by atoms with van der Waals surface area (Å²) in [6.45, 7) is 0.345. The summed E-state index contributed by atoms with van der Waals surface area (Å²) in [4.78, 5) is 10.8. The Balaban J connectivity index is 2.28. The second kappa shape index (κ2) is 5.51. The molecule has 20 heavy (non-hydrogen) atoms. The molecule has 0 amide bonds. The topological polar surface area (TPSA) is 85.2 Å². The molecule has 0 bridgehead atoms. The lowest BCUT2D eigenvalue weighted by Crippen LogP contribution is -2.22. The second-order valence-corrected chi connectivity index (χ2v) is 6.55. The van der Waals surface area contributed by atoms with Gasteiger partial charge in [-0.2, -0.15) is 0 Å². The predicted molar refractivity (Wildman–Crippen MR) is 71.8 cm³/mol. The molecule has 0 aliphatic carbocycles. The lowest BCUT2D eigenvalue weighted by Gasteiger charge is -2.12. The third kappa shape index (κ3) is 2.91. The third-order valence-corrected chi connectivity index (χ3v) is 4.51. The first kappa shape index (κ1) is 14.4. The van der Waals surface area contributed by atoms with Gasteiger partial charge >= 0.3 is 0 Å². The highest BCUT2D eigenvalue weighted by molar-refractivity contribution is 7.89. The molecule has 0 spiro atoms. The summed E-state index contributed by atoms with van der Waals surface area (Å²) >= 11 is 0. The maximum Gasteiger partial charge on any atom is 0.242 e. The van der Waals surface area contributed by atoms with Crippen LogP contribution in [0, 0.1) is 0 Å². The summed E-state index contributed by atoms with van der Waals surface area (Å²) in [6.07, 6.45) is 2.11. The maximum absolute atomic E-state index is 12.0. The van der Waals surface area contributed by atoms with Crippen molar-refractivity contribution in [1.29, 1.82) is 0 Å². The minimum atomic E-state index is -3.46. The van der Waals surface area contributed by atoms with Crippen molar-refractivity contribution in [2.75, 3.05) is 14.1 Å². The van der Waals surface area contributed by atoms with Crippen molar-refractivity contribution in [3.05, 3.63) is 41.7 Å². The highest BCUT2D eigenvalue weighted by Gasteiger charge is 2.17. The van der Waals surface area contributed by atoms with Gasteiger partial charge in [0.2, 0.25) is 10.0 Å². The Kier molecular flexibility index (Phi) is 3.96. The number of rotatable bonds is 5. The molecule has 0 unspecified atom stereocenters. The maximum atomic E-state index is 12.0. The minimum absolute atomic E-state index is 0.218. The van der Waals surface area contributed by atoms with Gasteiger partial charge in [0.1, 0.15) is 5.69 Å². The Morgan fingerprint density at radius 1 is 1.35 bits per heavy atom. The number of benzene rings is 1. The van der Waals surface area contributed by atoms with E-state index in [1.165, 1.54) is 31.0 Å². The van der Waals surface area contributed by atoms with Gasteiger partial charge in [0, 0.05) is 14.1 Å². The molecule has 0 fully saturated rings. The molecule has 1 heterocycles. The van der Waals surface area contributed by atoms with Crippen LogP contribution >= 0.6 is 0 Å². The van der Waals surface area contributed by atoms with E-state index in [1.807, 2.05) is 0 Å². The number of hydrogen-bond donors (Lipinski definition) is 0. The van der Waals surface area contributed by atoms with E-state index < -0.39 is 10.0 Å². The van der Waals surface area contributed by atoms with Crippen LogP contribution < -0.4 is 0 Å². The number of aromatic nitrogens is 3. The monoisotopic (exact) mass is 294 g/mol. The molecule has 0 saturated heterocycles. The fourth-order valence-electron chi connectivity index (χ4n) is 1.65. The summed E-state index contributed by atoms with van der Waals surface area (Å²) in [7, 11) is -0.495. The van der Waals surface area contributed by atoms with Crippen LogP contribution in [0.3, 0.4) is 0 Å². The van der Waals surface area contributed by atoms with E-state index in [2.05, 4.69) is 10.3 Å². The van der Waals surface area contributed by atoms with Gasteiger partial charge in [-0.1, -0.05) is 17.3 Å². The van der Waals surface area contributed by atoms with Crippen LogP contribution in [-0.4, -0.2) is 48.1 Å². The van der Waals surface area contributed by atoms with Crippen LogP contribution in [0.1, 0.15) is 16.1 Å². The molecule has 8 heteroatoms. The SMILES string of the molecule is CN(C)S(=O)(=O)c1cccc(Cn2cc(C=O)nn2)c1. The number of carbonyl (C=O) groups excluding carboxylic acids is 1. The van der Waals surface area contributed by atoms with Crippen LogP contribution in [0.2, 0.25) is 0 Å². The zero-order valence-electron chi connectivity index (χ0n) is 11.1. The number of carbonyl (C=O) groups is 1. The van der Waals surface area contributed by atoms with Crippen LogP contribution in [0.4, 0.5) is 0 Å². The van der Waals surface area contributed by atoms with Crippen molar-refractivity contribution in [2.45, 2.75) is 11.4 Å². The van der Waals surface area contributed by atoms with Crippen LogP contribution in [0.15, 0.2) is 35.4 Å². The zero-order valence-corrected chi connectivity index (χ0v) is 11.9. The van der Waals surface area contributed by atoms with Crippen LogP contribution in [-0.2, 0) is 16.6 Å². The standard InChI is InChI=1S/C12H14N4O3S/c1-15(2)20(18,19)12-5-3-4-10(6-12)7-16-8-11(9-17)13-14-16/h3-6,8-9H,7H2,1-2H3. The molecule has 0 radical (unpaired) electrons. The Hall–Kier alpha value is -2.06. The largest absolute Gasteiger partial charge is 0.296 e. The lowest BCUT2D eigenvalue weighted by atomic mass is 10.2. The fourth-order valence-corrected chi connectivity index (χ4v) is 2.62. The van der Waals surface area contributed by atoms with Gasteiger partial charge in [0.15, 0.2) is 6.29 Å². The molecule has 2 aromatic rings. The number of hydrogen-bond acceptors (Lipinski definition) is 5. The Bertz CT molecular complexity index is 722. The average molecular weight is 294 g/mol. The number of nitrogens with zero attached hydrogens (tertiary/aromatic N) is 4. The Morgan fingerprint density at radius 3 is 2.70 bits per heavy atom. The molecule has 0 aliphatic heterocycles. The van der Waals surface area contributed by atoms with Crippen molar-refractivity contribution in [3.8, 4) is 0 Å². The quantitative estimate of drug-likeness (QED) is 0.745. The summed E-state index contributed by atoms with van der Waals surface area (Å²) in [5, 5.41) is 7.43. The highest BCUT2D eigenvalue weighted by Crippen LogP contribution is 2.15. The van der Waals surface area contributed by atoms with Gasteiger partial charge in [-0.25, -0.2) is 17.4 Å². The smallest absolute Gasteiger partial charge is 0.242 e. The van der Waals surface area contributed by atoms with Crippen molar-refractivity contribution in [1.82, 2.24) is 19.3 Å². The van der Waals surface area contributed by atoms with Gasteiger partial charge in [-0.15, -0.1) is 5.10 Å². The average Bonchev–Trinajstić information content (AvgIpc) is 2.86. The molecule has 0 saturated carbocycles. The molecule has 1 aromatic carbocycles. The molecule has 1 aromatic heterocycles. The Labute approximate surface area is 116 Å². The van der Waals surface area contributed by atoms with Crippen LogP contribution in [0.5, 0.6) is 0 Å². The van der Waals surface area contributed by atoms with E-state index in [0.29, 0.717) is 12.8 Å². The zero-order chi connectivity index (χ0) is 14.8. The number of aldehydes is 1. The molecule has 0 N–H and O–H groups in total. The summed E-state index contributed by atoms with van der Waals surface area (Å²) < 4.78 is 26.7. The lowest BCUT2D eigenvalue weighted by molar-refractivity contribution is 0.111. The molecule has 2 rings (SSSR count). The van der Waals surface area contributed by atoms with Gasteiger partial charge in [0.05, 0.1) is 17.6 Å². The molecule has 106 valence electrons. The van der Waals surface area contributed by atoms with Crippen molar-refractivity contribution >= 4 is 16.3 Å². The van der Waals surface area contributed by atoms with E-state index >= 15 is 0 Å². The molecule has 0 atom stereocenters. The van der Waals surface area contributed by atoms with Gasteiger partial charge in [-0.3, -0.25) is 4.79 Å². The van der Waals surface area contributed by atoms with Crippen LogP contribution in [0.25, 0.3) is 0 Å².